The van der Waals surface area contributed by atoms with Crippen LogP contribution in [0.1, 0.15) is 49.3 Å². The van der Waals surface area contributed by atoms with E-state index in [-0.39, 0.29) is 29.6 Å². The molecule has 0 aromatic heterocycles. The molecule has 3 rings (SSSR count). The molecule has 2 aliphatic rings. The second-order valence-electron chi connectivity index (χ2n) is 6.17. The van der Waals surface area contributed by atoms with E-state index in [1.807, 2.05) is 0 Å². The number of halogens is 1. The number of nitrogens with one attached hydrogen (secondary N) is 2. The van der Waals surface area contributed by atoms with E-state index >= 15 is 0 Å². The first-order valence-corrected chi connectivity index (χ1v) is 7.99. The Morgan fingerprint density at radius 2 is 2.05 bits per heavy atom. The predicted molar refractivity (Wildman–Crippen MR) is 80.6 cm³/mol. The lowest BCUT2D eigenvalue weighted by Gasteiger charge is -2.14. The fourth-order valence-electron chi connectivity index (χ4n) is 2.94. The molecule has 0 unspecified atom stereocenters. The molecule has 2 N–H and O–H groups in total. The Bertz CT molecular complexity index is 584. The number of benzene rings is 1. The van der Waals surface area contributed by atoms with Crippen LogP contribution in [-0.2, 0) is 16.0 Å². The molecule has 22 heavy (non-hydrogen) atoms. The highest BCUT2D eigenvalue weighted by atomic mass is 19.1. The summed E-state index contributed by atoms with van der Waals surface area (Å²) in [5.74, 6) is 0.0183. The van der Waals surface area contributed by atoms with Gasteiger partial charge in [-0.25, -0.2) is 4.39 Å². The van der Waals surface area contributed by atoms with E-state index < -0.39 is 0 Å². The van der Waals surface area contributed by atoms with Crippen LogP contribution in [0.2, 0.25) is 0 Å². The smallest absolute Gasteiger partial charge is 0.223 e. The summed E-state index contributed by atoms with van der Waals surface area (Å²) in [6.07, 6.45) is 4.69. The summed E-state index contributed by atoms with van der Waals surface area (Å²) in [5.41, 5.74) is 2.01. The Hall–Kier alpha value is -1.91. The molecule has 1 aromatic carbocycles. The molecule has 0 saturated heterocycles. The number of amides is 2. The Kier molecular flexibility index (Phi) is 4.41. The molecule has 118 valence electrons. The van der Waals surface area contributed by atoms with E-state index in [1.54, 1.807) is 6.07 Å². The van der Waals surface area contributed by atoms with Gasteiger partial charge in [-0.1, -0.05) is 6.07 Å². The average molecular weight is 304 g/mol. The van der Waals surface area contributed by atoms with Gasteiger partial charge < -0.3 is 10.6 Å². The van der Waals surface area contributed by atoms with Crippen molar-refractivity contribution >= 4 is 11.8 Å². The van der Waals surface area contributed by atoms with Crippen molar-refractivity contribution in [3.05, 3.63) is 35.1 Å². The first-order chi connectivity index (χ1) is 10.6. The summed E-state index contributed by atoms with van der Waals surface area (Å²) in [5, 5.41) is 5.82. The fourth-order valence-corrected chi connectivity index (χ4v) is 2.94. The van der Waals surface area contributed by atoms with Gasteiger partial charge in [-0.05, 0) is 55.4 Å². The third-order valence-corrected chi connectivity index (χ3v) is 4.35. The van der Waals surface area contributed by atoms with Gasteiger partial charge in [0, 0.05) is 18.9 Å². The molecular formula is C17H21FN2O2. The average Bonchev–Trinajstić information content (AvgIpc) is 3.28. The van der Waals surface area contributed by atoms with Crippen LogP contribution >= 0.6 is 0 Å². The standard InChI is InChI=1S/C17H21FN2O2/c18-13-7-5-11-6-8-15(14(11)10-13)20-16(21)2-1-9-19-17(22)12-3-4-12/h5,7,10,12,15H,1-4,6,8-9H2,(H,19,22)(H,20,21)/t15-/m1/s1. The van der Waals surface area contributed by atoms with Crippen LogP contribution in [0.25, 0.3) is 0 Å². The molecule has 2 aliphatic carbocycles. The maximum absolute atomic E-state index is 13.3. The second kappa shape index (κ2) is 6.46. The Morgan fingerprint density at radius 1 is 1.23 bits per heavy atom. The van der Waals surface area contributed by atoms with Crippen molar-refractivity contribution < 1.29 is 14.0 Å². The van der Waals surface area contributed by atoms with E-state index in [2.05, 4.69) is 10.6 Å². The van der Waals surface area contributed by atoms with Crippen molar-refractivity contribution in [3.8, 4) is 0 Å². The Balaban J connectivity index is 1.41. The third-order valence-electron chi connectivity index (χ3n) is 4.35. The molecule has 0 bridgehead atoms. The second-order valence-corrected chi connectivity index (χ2v) is 6.17. The maximum Gasteiger partial charge on any atom is 0.223 e. The zero-order valence-corrected chi connectivity index (χ0v) is 12.5. The normalized spacial score (nSPS) is 19.6. The number of hydrogen-bond donors (Lipinski definition) is 2. The minimum absolute atomic E-state index is 0.0391. The molecule has 4 nitrogen and oxygen atoms in total. The van der Waals surface area contributed by atoms with Gasteiger partial charge in [0.1, 0.15) is 5.82 Å². The Labute approximate surface area is 129 Å². The van der Waals surface area contributed by atoms with Crippen LogP contribution in [0.5, 0.6) is 0 Å². The topological polar surface area (TPSA) is 58.2 Å². The zero-order chi connectivity index (χ0) is 15.5. The van der Waals surface area contributed by atoms with Crippen LogP contribution in [0.4, 0.5) is 4.39 Å². The Morgan fingerprint density at radius 3 is 2.82 bits per heavy atom. The number of carbonyl (C=O) groups is 2. The van der Waals surface area contributed by atoms with E-state index in [4.69, 9.17) is 0 Å². The van der Waals surface area contributed by atoms with E-state index in [0.29, 0.717) is 19.4 Å². The molecule has 0 heterocycles. The maximum atomic E-state index is 13.3. The van der Waals surface area contributed by atoms with Crippen molar-refractivity contribution in [2.24, 2.45) is 5.92 Å². The van der Waals surface area contributed by atoms with Gasteiger partial charge in [0.15, 0.2) is 0 Å². The molecular weight excluding hydrogens is 283 g/mol. The van der Waals surface area contributed by atoms with Crippen molar-refractivity contribution in [1.29, 1.82) is 0 Å². The van der Waals surface area contributed by atoms with Crippen LogP contribution in [0.3, 0.4) is 0 Å². The minimum atomic E-state index is -0.261. The molecule has 1 aromatic rings. The van der Waals surface area contributed by atoms with E-state index in [0.717, 1.165) is 36.8 Å². The third kappa shape index (κ3) is 3.64. The first-order valence-electron chi connectivity index (χ1n) is 7.99. The monoisotopic (exact) mass is 304 g/mol. The first kappa shape index (κ1) is 15.0. The van der Waals surface area contributed by atoms with E-state index in [1.165, 1.54) is 12.1 Å². The van der Waals surface area contributed by atoms with Crippen LogP contribution in [0.15, 0.2) is 18.2 Å². The van der Waals surface area contributed by atoms with Gasteiger partial charge >= 0.3 is 0 Å². The highest BCUT2D eigenvalue weighted by Crippen LogP contribution is 2.31. The van der Waals surface area contributed by atoms with Gasteiger partial charge in [0.2, 0.25) is 11.8 Å². The van der Waals surface area contributed by atoms with Crippen molar-refractivity contribution in [1.82, 2.24) is 10.6 Å². The summed E-state index contributed by atoms with van der Waals surface area (Å²) in [6.45, 7) is 0.540. The summed E-state index contributed by atoms with van der Waals surface area (Å²) in [6, 6.07) is 4.69. The zero-order valence-electron chi connectivity index (χ0n) is 12.5. The van der Waals surface area contributed by atoms with Gasteiger partial charge in [0.05, 0.1) is 6.04 Å². The highest BCUT2D eigenvalue weighted by molar-refractivity contribution is 5.81. The predicted octanol–water partition coefficient (Wildman–Crippen LogP) is 2.24. The molecule has 1 atom stereocenters. The molecule has 0 aliphatic heterocycles. The lowest BCUT2D eigenvalue weighted by Crippen LogP contribution is -2.29. The van der Waals surface area contributed by atoms with Crippen LogP contribution in [-0.4, -0.2) is 18.4 Å². The number of rotatable bonds is 6. The molecule has 0 radical (unpaired) electrons. The van der Waals surface area contributed by atoms with Gasteiger partial charge in [0.25, 0.3) is 0 Å². The quantitative estimate of drug-likeness (QED) is 0.792. The summed E-state index contributed by atoms with van der Waals surface area (Å²) < 4.78 is 13.3. The fraction of sp³-hybridized carbons (Fsp3) is 0.529. The lowest BCUT2D eigenvalue weighted by atomic mass is 10.1. The summed E-state index contributed by atoms with van der Waals surface area (Å²) >= 11 is 0. The van der Waals surface area contributed by atoms with E-state index in [9.17, 15) is 14.0 Å². The minimum Gasteiger partial charge on any atom is -0.356 e. The number of aryl methyl sites for hydroxylation is 1. The van der Waals surface area contributed by atoms with Gasteiger partial charge in [-0.3, -0.25) is 9.59 Å². The number of hydrogen-bond acceptors (Lipinski definition) is 2. The largest absolute Gasteiger partial charge is 0.356 e. The van der Waals surface area contributed by atoms with Crippen molar-refractivity contribution in [3.63, 3.8) is 0 Å². The molecule has 1 saturated carbocycles. The van der Waals surface area contributed by atoms with Gasteiger partial charge in [-0.2, -0.15) is 0 Å². The lowest BCUT2D eigenvalue weighted by molar-refractivity contribution is -0.123. The molecule has 2 amide bonds. The molecule has 0 spiro atoms. The van der Waals surface area contributed by atoms with Crippen LogP contribution in [0, 0.1) is 11.7 Å². The van der Waals surface area contributed by atoms with Crippen molar-refractivity contribution in [2.75, 3.05) is 6.54 Å². The number of carbonyl (C=O) groups excluding carboxylic acids is 2. The summed E-state index contributed by atoms with van der Waals surface area (Å²) in [7, 11) is 0. The molecule has 1 fully saturated rings. The highest BCUT2D eigenvalue weighted by Gasteiger charge is 2.29. The molecule has 5 heteroatoms. The van der Waals surface area contributed by atoms with Crippen molar-refractivity contribution in [2.45, 2.75) is 44.6 Å². The SMILES string of the molecule is O=C(CCCNC(=O)C1CC1)N[C@@H]1CCc2ccc(F)cc21. The summed E-state index contributed by atoms with van der Waals surface area (Å²) in [4.78, 5) is 23.4. The number of fused-ring (bicyclic) bond motifs is 1. The van der Waals surface area contributed by atoms with Crippen LogP contribution < -0.4 is 10.6 Å². The van der Waals surface area contributed by atoms with Gasteiger partial charge in [-0.15, -0.1) is 0 Å².